The predicted molar refractivity (Wildman–Crippen MR) is 80.5 cm³/mol. The summed E-state index contributed by atoms with van der Waals surface area (Å²) in [5.41, 5.74) is 0.841. The van der Waals surface area contributed by atoms with E-state index in [0.717, 1.165) is 18.4 Å². The second-order valence-corrected chi connectivity index (χ2v) is 4.77. The van der Waals surface area contributed by atoms with Crippen LogP contribution < -0.4 is 5.32 Å². The SMILES string of the molecule is CCC(CC)C(=O)Nc1nc(C)nc(-c2ccncc2)n1. The number of rotatable bonds is 5. The van der Waals surface area contributed by atoms with Gasteiger partial charge in [0.2, 0.25) is 11.9 Å². The zero-order chi connectivity index (χ0) is 15.2. The molecule has 2 rings (SSSR count). The summed E-state index contributed by atoms with van der Waals surface area (Å²) < 4.78 is 0. The highest BCUT2D eigenvalue weighted by Gasteiger charge is 2.16. The number of hydrogen-bond donors (Lipinski definition) is 1. The molecule has 0 aliphatic carbocycles. The maximum atomic E-state index is 12.1. The molecule has 0 bridgehead atoms. The van der Waals surface area contributed by atoms with Crippen molar-refractivity contribution < 1.29 is 4.79 Å². The third-order valence-electron chi connectivity index (χ3n) is 3.28. The van der Waals surface area contributed by atoms with Crippen molar-refractivity contribution in [1.82, 2.24) is 19.9 Å². The van der Waals surface area contributed by atoms with Gasteiger partial charge in [0.25, 0.3) is 0 Å². The Morgan fingerprint density at radius 2 is 1.81 bits per heavy atom. The lowest BCUT2D eigenvalue weighted by atomic mass is 10.0. The highest BCUT2D eigenvalue weighted by atomic mass is 16.2. The lowest BCUT2D eigenvalue weighted by Gasteiger charge is -2.12. The van der Waals surface area contributed by atoms with E-state index >= 15 is 0 Å². The number of nitrogens with one attached hydrogen (secondary N) is 1. The van der Waals surface area contributed by atoms with E-state index in [4.69, 9.17) is 0 Å². The van der Waals surface area contributed by atoms with Crippen LogP contribution in [0.2, 0.25) is 0 Å². The second-order valence-electron chi connectivity index (χ2n) is 4.77. The van der Waals surface area contributed by atoms with Crippen molar-refractivity contribution >= 4 is 11.9 Å². The molecule has 6 nitrogen and oxygen atoms in total. The van der Waals surface area contributed by atoms with Crippen LogP contribution >= 0.6 is 0 Å². The standard InChI is InChI=1S/C15H19N5O/c1-4-11(5-2)14(21)20-15-18-10(3)17-13(19-15)12-6-8-16-9-7-12/h6-9,11H,4-5H2,1-3H3,(H,17,18,19,20,21). The maximum Gasteiger partial charge on any atom is 0.233 e. The fourth-order valence-corrected chi connectivity index (χ4v) is 2.04. The van der Waals surface area contributed by atoms with Crippen LogP contribution in [-0.2, 0) is 4.79 Å². The van der Waals surface area contributed by atoms with E-state index in [2.05, 4.69) is 25.3 Å². The molecule has 2 aromatic heterocycles. The normalized spacial score (nSPS) is 10.7. The molecule has 0 fully saturated rings. The molecule has 0 saturated carbocycles. The quantitative estimate of drug-likeness (QED) is 0.913. The van der Waals surface area contributed by atoms with Gasteiger partial charge in [0.05, 0.1) is 0 Å². The molecular formula is C15H19N5O. The smallest absolute Gasteiger partial charge is 0.233 e. The molecule has 6 heteroatoms. The van der Waals surface area contributed by atoms with E-state index in [9.17, 15) is 4.79 Å². The van der Waals surface area contributed by atoms with E-state index in [-0.39, 0.29) is 11.8 Å². The van der Waals surface area contributed by atoms with E-state index < -0.39 is 0 Å². The van der Waals surface area contributed by atoms with Gasteiger partial charge in [0.1, 0.15) is 5.82 Å². The molecule has 0 radical (unpaired) electrons. The molecule has 2 aromatic rings. The Labute approximate surface area is 124 Å². The number of carbonyl (C=O) groups is 1. The minimum Gasteiger partial charge on any atom is -0.294 e. The third kappa shape index (κ3) is 3.81. The molecule has 0 aliphatic heterocycles. The first-order valence-electron chi connectivity index (χ1n) is 7.08. The van der Waals surface area contributed by atoms with Crippen LogP contribution in [-0.4, -0.2) is 25.8 Å². The summed E-state index contributed by atoms with van der Waals surface area (Å²) >= 11 is 0. The topological polar surface area (TPSA) is 80.7 Å². The first-order valence-corrected chi connectivity index (χ1v) is 7.08. The van der Waals surface area contributed by atoms with Crippen molar-refractivity contribution in [1.29, 1.82) is 0 Å². The highest BCUT2D eigenvalue weighted by molar-refractivity contribution is 5.90. The average molecular weight is 285 g/mol. The van der Waals surface area contributed by atoms with Crippen LogP contribution in [0.3, 0.4) is 0 Å². The van der Waals surface area contributed by atoms with Gasteiger partial charge in [-0.05, 0) is 31.9 Å². The largest absolute Gasteiger partial charge is 0.294 e. The van der Waals surface area contributed by atoms with E-state index in [0.29, 0.717) is 17.6 Å². The number of pyridine rings is 1. The fourth-order valence-electron chi connectivity index (χ4n) is 2.04. The number of aromatic nitrogens is 4. The zero-order valence-corrected chi connectivity index (χ0v) is 12.5. The zero-order valence-electron chi connectivity index (χ0n) is 12.5. The second kappa shape index (κ2) is 6.88. The molecule has 1 N–H and O–H groups in total. The van der Waals surface area contributed by atoms with Crippen LogP contribution in [0.4, 0.5) is 5.95 Å². The van der Waals surface area contributed by atoms with Crippen molar-refractivity contribution in [3.05, 3.63) is 30.4 Å². The third-order valence-corrected chi connectivity index (χ3v) is 3.28. The predicted octanol–water partition coefficient (Wildman–Crippen LogP) is 2.62. The number of nitrogens with zero attached hydrogens (tertiary/aromatic N) is 4. The summed E-state index contributed by atoms with van der Waals surface area (Å²) in [5.74, 6) is 1.32. The summed E-state index contributed by atoms with van der Waals surface area (Å²) in [6.45, 7) is 5.77. The number of hydrogen-bond acceptors (Lipinski definition) is 5. The van der Waals surface area contributed by atoms with Gasteiger partial charge in [0.15, 0.2) is 5.82 Å². The lowest BCUT2D eigenvalue weighted by Crippen LogP contribution is -2.23. The Kier molecular flexibility index (Phi) is 4.92. The first kappa shape index (κ1) is 15.0. The molecule has 0 spiro atoms. The highest BCUT2D eigenvalue weighted by Crippen LogP contribution is 2.16. The molecule has 0 aromatic carbocycles. The van der Waals surface area contributed by atoms with Crippen molar-refractivity contribution in [2.45, 2.75) is 33.6 Å². The van der Waals surface area contributed by atoms with Gasteiger partial charge in [-0.2, -0.15) is 9.97 Å². The van der Waals surface area contributed by atoms with Crippen molar-refractivity contribution in [3.8, 4) is 11.4 Å². The van der Waals surface area contributed by atoms with Gasteiger partial charge < -0.3 is 0 Å². The van der Waals surface area contributed by atoms with Gasteiger partial charge in [0, 0.05) is 23.9 Å². The number of carbonyl (C=O) groups excluding carboxylic acids is 1. The fraction of sp³-hybridized carbons (Fsp3) is 0.400. The van der Waals surface area contributed by atoms with E-state index in [1.807, 2.05) is 26.0 Å². The maximum absolute atomic E-state index is 12.1. The first-order chi connectivity index (χ1) is 10.1. The monoisotopic (exact) mass is 285 g/mol. The summed E-state index contributed by atoms with van der Waals surface area (Å²) in [7, 11) is 0. The Bertz CT molecular complexity index is 611. The molecule has 0 unspecified atom stereocenters. The van der Waals surface area contributed by atoms with Crippen LogP contribution in [0, 0.1) is 12.8 Å². The van der Waals surface area contributed by atoms with Gasteiger partial charge in [-0.3, -0.25) is 15.1 Å². The number of aryl methyl sites for hydroxylation is 1. The van der Waals surface area contributed by atoms with Gasteiger partial charge in [-0.1, -0.05) is 13.8 Å². The average Bonchev–Trinajstić information content (AvgIpc) is 2.49. The Hall–Kier alpha value is -2.37. The summed E-state index contributed by atoms with van der Waals surface area (Å²) in [6.07, 6.45) is 4.95. The van der Waals surface area contributed by atoms with E-state index in [1.165, 1.54) is 0 Å². The number of amides is 1. The summed E-state index contributed by atoms with van der Waals surface area (Å²) in [4.78, 5) is 28.9. The van der Waals surface area contributed by atoms with Gasteiger partial charge in [-0.25, -0.2) is 4.98 Å². The Balaban J connectivity index is 2.26. The molecule has 1 amide bonds. The molecule has 0 aliphatic rings. The number of anilines is 1. The van der Waals surface area contributed by atoms with Crippen LogP contribution in [0.15, 0.2) is 24.5 Å². The molecule has 110 valence electrons. The van der Waals surface area contributed by atoms with Crippen molar-refractivity contribution in [2.75, 3.05) is 5.32 Å². The van der Waals surface area contributed by atoms with E-state index in [1.54, 1.807) is 19.3 Å². The molecule has 0 atom stereocenters. The van der Waals surface area contributed by atoms with Crippen molar-refractivity contribution in [3.63, 3.8) is 0 Å². The van der Waals surface area contributed by atoms with Crippen LogP contribution in [0.25, 0.3) is 11.4 Å². The molecule has 2 heterocycles. The van der Waals surface area contributed by atoms with Crippen LogP contribution in [0.1, 0.15) is 32.5 Å². The van der Waals surface area contributed by atoms with Gasteiger partial charge >= 0.3 is 0 Å². The van der Waals surface area contributed by atoms with Crippen molar-refractivity contribution in [2.24, 2.45) is 5.92 Å². The lowest BCUT2D eigenvalue weighted by molar-refractivity contribution is -0.120. The van der Waals surface area contributed by atoms with Crippen LogP contribution in [0.5, 0.6) is 0 Å². The molecule has 0 saturated heterocycles. The molecular weight excluding hydrogens is 266 g/mol. The summed E-state index contributed by atoms with van der Waals surface area (Å²) in [6, 6.07) is 3.64. The minimum atomic E-state index is -0.0497. The minimum absolute atomic E-state index is 0.0218. The van der Waals surface area contributed by atoms with Gasteiger partial charge in [-0.15, -0.1) is 0 Å². The Morgan fingerprint density at radius 1 is 1.14 bits per heavy atom. The molecule has 21 heavy (non-hydrogen) atoms. The Morgan fingerprint density at radius 3 is 2.43 bits per heavy atom. The summed E-state index contributed by atoms with van der Waals surface area (Å²) in [5, 5.41) is 2.78.